The number of halogens is 1. The second-order valence-electron chi connectivity index (χ2n) is 5.72. The average molecular weight is 397 g/mol. The van der Waals surface area contributed by atoms with Crippen LogP contribution >= 0.6 is 11.6 Å². The second-order valence-corrected chi connectivity index (χ2v) is 6.16. The number of hydrogen-bond donors (Lipinski definition) is 2. The third kappa shape index (κ3) is 5.02. The fourth-order valence-corrected chi connectivity index (χ4v) is 2.52. The molecule has 0 bridgehead atoms. The summed E-state index contributed by atoms with van der Waals surface area (Å²) in [5.41, 5.74) is 1.84. The molecule has 2 N–H and O–H groups in total. The second kappa shape index (κ2) is 8.92. The molecule has 28 heavy (non-hydrogen) atoms. The summed E-state index contributed by atoms with van der Waals surface area (Å²) in [4.78, 5) is 24.2. The summed E-state index contributed by atoms with van der Waals surface area (Å²) in [6.07, 6.45) is 4.52. The lowest BCUT2D eigenvalue weighted by molar-refractivity contribution is -0.111. The van der Waals surface area contributed by atoms with Crippen molar-refractivity contribution >= 4 is 40.9 Å². The highest BCUT2D eigenvalue weighted by Crippen LogP contribution is 2.28. The van der Waals surface area contributed by atoms with Crippen molar-refractivity contribution in [3.8, 4) is 5.75 Å². The van der Waals surface area contributed by atoms with Crippen LogP contribution in [0.2, 0.25) is 5.02 Å². The lowest BCUT2D eigenvalue weighted by Crippen LogP contribution is -2.12. The van der Waals surface area contributed by atoms with Crippen molar-refractivity contribution in [2.45, 2.75) is 0 Å². The molecule has 7 heteroatoms. The summed E-state index contributed by atoms with van der Waals surface area (Å²) >= 11 is 5.84. The Hall–Kier alpha value is -3.51. The standard InChI is InChI=1S/C21H17ClN2O4/c1-27-19-13-16(9-10-17(19)24-21(26)18-3-2-12-28-18)23-20(25)11-6-14-4-7-15(22)8-5-14/h2-13H,1H3,(H,23,25)(H,24,26)/b11-6+. The summed E-state index contributed by atoms with van der Waals surface area (Å²) < 4.78 is 10.4. The zero-order valence-corrected chi connectivity index (χ0v) is 15.7. The quantitative estimate of drug-likeness (QED) is 0.584. The van der Waals surface area contributed by atoms with E-state index in [1.54, 1.807) is 48.5 Å². The van der Waals surface area contributed by atoms with Crippen LogP contribution in [0.1, 0.15) is 16.1 Å². The number of amides is 2. The fourth-order valence-electron chi connectivity index (χ4n) is 2.39. The number of ether oxygens (including phenoxy) is 1. The largest absolute Gasteiger partial charge is 0.494 e. The van der Waals surface area contributed by atoms with Crippen LogP contribution in [0.15, 0.2) is 71.4 Å². The van der Waals surface area contributed by atoms with Gasteiger partial charge in [0, 0.05) is 22.9 Å². The number of carbonyl (C=O) groups is 2. The first-order valence-electron chi connectivity index (χ1n) is 8.32. The molecule has 0 unspecified atom stereocenters. The van der Waals surface area contributed by atoms with Crippen molar-refractivity contribution in [3.05, 3.63) is 83.3 Å². The van der Waals surface area contributed by atoms with Crippen LogP contribution < -0.4 is 15.4 Å². The molecule has 0 aliphatic carbocycles. The van der Waals surface area contributed by atoms with Gasteiger partial charge in [-0.15, -0.1) is 0 Å². The van der Waals surface area contributed by atoms with Gasteiger partial charge in [-0.3, -0.25) is 9.59 Å². The minimum Gasteiger partial charge on any atom is -0.494 e. The van der Waals surface area contributed by atoms with Crippen LogP contribution in [0.4, 0.5) is 11.4 Å². The summed E-state index contributed by atoms with van der Waals surface area (Å²) in [5, 5.41) is 6.08. The fraction of sp³-hybridized carbons (Fsp3) is 0.0476. The van der Waals surface area contributed by atoms with Crippen molar-refractivity contribution in [1.29, 1.82) is 0 Å². The molecule has 2 aromatic carbocycles. The van der Waals surface area contributed by atoms with E-state index < -0.39 is 5.91 Å². The van der Waals surface area contributed by atoms with Gasteiger partial charge in [-0.05, 0) is 48.0 Å². The zero-order valence-electron chi connectivity index (χ0n) is 14.9. The SMILES string of the molecule is COc1cc(NC(=O)/C=C/c2ccc(Cl)cc2)ccc1NC(=O)c1ccco1. The van der Waals surface area contributed by atoms with Crippen molar-refractivity contribution in [3.63, 3.8) is 0 Å². The molecule has 3 rings (SSSR count). The molecule has 0 saturated heterocycles. The molecule has 2 amide bonds. The highest BCUT2D eigenvalue weighted by atomic mass is 35.5. The smallest absolute Gasteiger partial charge is 0.291 e. The Kier molecular flexibility index (Phi) is 6.14. The highest BCUT2D eigenvalue weighted by Gasteiger charge is 2.12. The lowest BCUT2D eigenvalue weighted by Gasteiger charge is -2.11. The van der Waals surface area contributed by atoms with Gasteiger partial charge < -0.3 is 19.8 Å². The Morgan fingerprint density at radius 3 is 2.54 bits per heavy atom. The van der Waals surface area contributed by atoms with E-state index >= 15 is 0 Å². The Labute approximate surface area is 166 Å². The molecule has 0 aliphatic heterocycles. The first kappa shape index (κ1) is 19.3. The van der Waals surface area contributed by atoms with Crippen molar-refractivity contribution in [1.82, 2.24) is 0 Å². The van der Waals surface area contributed by atoms with Crippen LogP contribution in [0.5, 0.6) is 5.75 Å². The maximum Gasteiger partial charge on any atom is 0.291 e. The van der Waals surface area contributed by atoms with Crippen LogP contribution in [-0.4, -0.2) is 18.9 Å². The molecule has 0 spiro atoms. The van der Waals surface area contributed by atoms with Gasteiger partial charge in [0.05, 0.1) is 19.1 Å². The summed E-state index contributed by atoms with van der Waals surface area (Å²) in [6.45, 7) is 0. The monoisotopic (exact) mass is 396 g/mol. The molecule has 0 aliphatic rings. The predicted octanol–water partition coefficient (Wildman–Crippen LogP) is 4.85. The Balaban J connectivity index is 1.66. The minimum absolute atomic E-state index is 0.187. The van der Waals surface area contributed by atoms with Crippen LogP contribution in [-0.2, 0) is 4.79 Å². The van der Waals surface area contributed by atoms with Gasteiger partial charge in [-0.1, -0.05) is 23.7 Å². The minimum atomic E-state index is -0.397. The van der Waals surface area contributed by atoms with Gasteiger partial charge in [-0.2, -0.15) is 0 Å². The number of rotatable bonds is 6. The number of methoxy groups -OCH3 is 1. The van der Waals surface area contributed by atoms with Gasteiger partial charge in [-0.25, -0.2) is 0 Å². The maximum atomic E-state index is 12.1. The number of carbonyl (C=O) groups excluding carboxylic acids is 2. The summed E-state index contributed by atoms with van der Waals surface area (Å²) in [5.74, 6) is -0.110. The van der Waals surface area contributed by atoms with E-state index in [2.05, 4.69) is 10.6 Å². The Bertz CT molecular complexity index is 996. The molecular weight excluding hydrogens is 380 g/mol. The van der Waals surface area contributed by atoms with E-state index in [1.807, 2.05) is 12.1 Å². The summed E-state index contributed by atoms with van der Waals surface area (Å²) in [7, 11) is 1.48. The first-order chi connectivity index (χ1) is 13.5. The highest BCUT2D eigenvalue weighted by molar-refractivity contribution is 6.30. The van der Waals surface area contributed by atoms with E-state index in [9.17, 15) is 9.59 Å². The Morgan fingerprint density at radius 2 is 1.86 bits per heavy atom. The first-order valence-corrected chi connectivity index (χ1v) is 8.70. The normalized spacial score (nSPS) is 10.6. The third-order valence-corrected chi connectivity index (χ3v) is 4.01. The number of hydrogen-bond acceptors (Lipinski definition) is 4. The van der Waals surface area contributed by atoms with Gasteiger partial charge >= 0.3 is 0 Å². The topological polar surface area (TPSA) is 80.6 Å². The molecule has 142 valence electrons. The van der Waals surface area contributed by atoms with Gasteiger partial charge in [0.15, 0.2) is 5.76 Å². The van der Waals surface area contributed by atoms with Crippen molar-refractivity contribution < 1.29 is 18.7 Å². The van der Waals surface area contributed by atoms with E-state index in [0.717, 1.165) is 5.56 Å². The molecule has 1 heterocycles. The van der Waals surface area contributed by atoms with Gasteiger partial charge in [0.2, 0.25) is 5.91 Å². The molecule has 0 fully saturated rings. The van der Waals surface area contributed by atoms with Gasteiger partial charge in [0.25, 0.3) is 5.91 Å². The molecule has 0 saturated carbocycles. The molecular formula is C21H17ClN2O4. The number of furan rings is 1. The van der Waals surface area contributed by atoms with E-state index in [-0.39, 0.29) is 11.7 Å². The number of nitrogens with one attached hydrogen (secondary N) is 2. The lowest BCUT2D eigenvalue weighted by atomic mass is 10.2. The Morgan fingerprint density at radius 1 is 1.07 bits per heavy atom. The third-order valence-electron chi connectivity index (χ3n) is 3.76. The molecule has 3 aromatic rings. The molecule has 0 atom stereocenters. The molecule has 0 radical (unpaired) electrons. The van der Waals surface area contributed by atoms with Crippen LogP contribution in [0, 0.1) is 0 Å². The maximum absolute atomic E-state index is 12.1. The van der Waals surface area contributed by atoms with E-state index in [0.29, 0.717) is 22.1 Å². The van der Waals surface area contributed by atoms with Crippen LogP contribution in [0.3, 0.4) is 0 Å². The average Bonchev–Trinajstić information content (AvgIpc) is 3.23. The molecule has 6 nitrogen and oxygen atoms in total. The van der Waals surface area contributed by atoms with Crippen molar-refractivity contribution in [2.24, 2.45) is 0 Å². The number of anilines is 2. The van der Waals surface area contributed by atoms with Crippen molar-refractivity contribution in [2.75, 3.05) is 17.7 Å². The predicted molar refractivity (Wildman–Crippen MR) is 109 cm³/mol. The van der Waals surface area contributed by atoms with E-state index in [4.69, 9.17) is 20.8 Å². The number of benzene rings is 2. The summed E-state index contributed by atoms with van der Waals surface area (Å²) in [6, 6.07) is 15.2. The van der Waals surface area contributed by atoms with E-state index in [1.165, 1.54) is 19.4 Å². The van der Waals surface area contributed by atoms with Crippen LogP contribution in [0.25, 0.3) is 6.08 Å². The van der Waals surface area contributed by atoms with Gasteiger partial charge in [0.1, 0.15) is 5.75 Å². The zero-order chi connectivity index (χ0) is 19.9. The molecule has 1 aromatic heterocycles.